The van der Waals surface area contributed by atoms with Crippen molar-refractivity contribution in [1.82, 2.24) is 5.32 Å². The third kappa shape index (κ3) is 3.81. The Bertz CT molecular complexity index is 328. The number of benzene rings is 1. The molecule has 0 aliphatic rings. The summed E-state index contributed by atoms with van der Waals surface area (Å²) in [6.07, 6.45) is -0.384. The minimum atomic E-state index is -0.384. The van der Waals surface area contributed by atoms with E-state index in [0.29, 0.717) is 6.54 Å². The summed E-state index contributed by atoms with van der Waals surface area (Å²) in [5.41, 5.74) is 0.832. The number of aliphatic hydroxyl groups is 1. The van der Waals surface area contributed by atoms with Gasteiger partial charge in [0.05, 0.1) is 6.10 Å². The maximum atomic E-state index is 9.69. The van der Waals surface area contributed by atoms with Crippen molar-refractivity contribution in [2.24, 2.45) is 0 Å². The van der Waals surface area contributed by atoms with Gasteiger partial charge in [-0.3, -0.25) is 0 Å². The molecule has 0 radical (unpaired) electrons. The van der Waals surface area contributed by atoms with Gasteiger partial charge in [-0.05, 0) is 26.0 Å². The van der Waals surface area contributed by atoms with Crippen LogP contribution in [0.4, 0.5) is 0 Å². The molecular weight excluding hydrogens is 258 g/mol. The van der Waals surface area contributed by atoms with E-state index in [1.165, 1.54) is 0 Å². The van der Waals surface area contributed by atoms with E-state index >= 15 is 0 Å². The van der Waals surface area contributed by atoms with E-state index in [0.717, 1.165) is 10.0 Å². The molecule has 0 heterocycles. The molecule has 15 heavy (non-hydrogen) atoms. The van der Waals surface area contributed by atoms with Crippen LogP contribution in [0.5, 0.6) is 5.75 Å². The lowest BCUT2D eigenvalue weighted by Gasteiger charge is -2.16. The van der Waals surface area contributed by atoms with Crippen LogP contribution in [0, 0.1) is 0 Å². The van der Waals surface area contributed by atoms with Crippen LogP contribution >= 0.6 is 15.9 Å². The summed E-state index contributed by atoms with van der Waals surface area (Å²) in [6.45, 7) is 4.18. The Morgan fingerprint density at radius 3 is 2.60 bits per heavy atom. The summed E-state index contributed by atoms with van der Waals surface area (Å²) in [6, 6.07) is 5.43. The van der Waals surface area contributed by atoms with Crippen LogP contribution in [0.2, 0.25) is 0 Å². The Morgan fingerprint density at radius 1 is 1.40 bits per heavy atom. The van der Waals surface area contributed by atoms with Crippen molar-refractivity contribution in [2.45, 2.75) is 26.0 Å². The van der Waals surface area contributed by atoms with Gasteiger partial charge in [0.25, 0.3) is 0 Å². The van der Waals surface area contributed by atoms with E-state index in [1.54, 1.807) is 13.0 Å². The lowest BCUT2D eigenvalue weighted by Crippen LogP contribution is -2.27. The average Bonchev–Trinajstić information content (AvgIpc) is 2.14. The first-order valence-electron chi connectivity index (χ1n) is 4.90. The molecule has 3 nitrogen and oxygen atoms in total. The van der Waals surface area contributed by atoms with Crippen LogP contribution < -0.4 is 5.32 Å². The molecular formula is C11H16BrNO2. The summed E-state index contributed by atoms with van der Waals surface area (Å²) in [5, 5.41) is 22.0. The third-order valence-electron chi connectivity index (χ3n) is 2.18. The minimum absolute atomic E-state index is 0.0210. The summed E-state index contributed by atoms with van der Waals surface area (Å²) in [4.78, 5) is 0. The number of halogens is 1. The Labute approximate surface area is 98.3 Å². The van der Waals surface area contributed by atoms with E-state index in [-0.39, 0.29) is 17.9 Å². The lowest BCUT2D eigenvalue weighted by atomic mass is 10.1. The maximum absolute atomic E-state index is 9.69. The van der Waals surface area contributed by atoms with Crippen molar-refractivity contribution in [2.75, 3.05) is 6.54 Å². The van der Waals surface area contributed by atoms with Gasteiger partial charge in [-0.2, -0.15) is 0 Å². The minimum Gasteiger partial charge on any atom is -0.508 e. The standard InChI is InChI=1S/C11H16BrNO2/c1-7(14)6-13-8(2)10-4-3-9(12)5-11(10)15/h3-5,7-8,13-15H,6H2,1-2H3/t7-,8?/m1/s1. The Hall–Kier alpha value is -0.580. The average molecular weight is 274 g/mol. The molecule has 84 valence electrons. The first-order valence-corrected chi connectivity index (χ1v) is 5.70. The van der Waals surface area contributed by atoms with Crippen LogP contribution in [0.25, 0.3) is 0 Å². The molecule has 1 aromatic rings. The zero-order valence-electron chi connectivity index (χ0n) is 8.87. The SMILES string of the molecule is CC(NC[C@@H](C)O)c1ccc(Br)cc1O. The number of hydrogen-bond donors (Lipinski definition) is 3. The number of phenols is 1. The molecule has 0 spiro atoms. The largest absolute Gasteiger partial charge is 0.508 e. The van der Waals surface area contributed by atoms with Gasteiger partial charge >= 0.3 is 0 Å². The van der Waals surface area contributed by atoms with Crippen LogP contribution in [0.3, 0.4) is 0 Å². The summed E-state index contributed by atoms with van der Waals surface area (Å²) in [7, 11) is 0. The highest BCUT2D eigenvalue weighted by atomic mass is 79.9. The number of phenolic OH excluding ortho intramolecular Hbond substituents is 1. The third-order valence-corrected chi connectivity index (χ3v) is 2.67. The van der Waals surface area contributed by atoms with Gasteiger partial charge < -0.3 is 15.5 Å². The molecule has 0 aliphatic carbocycles. The van der Waals surface area contributed by atoms with Gasteiger partial charge in [0, 0.05) is 22.6 Å². The van der Waals surface area contributed by atoms with Crippen molar-refractivity contribution in [1.29, 1.82) is 0 Å². The second-order valence-electron chi connectivity index (χ2n) is 3.68. The topological polar surface area (TPSA) is 52.5 Å². The summed E-state index contributed by atoms with van der Waals surface area (Å²) < 4.78 is 0.853. The van der Waals surface area contributed by atoms with Gasteiger partial charge in [0.1, 0.15) is 5.75 Å². The zero-order valence-corrected chi connectivity index (χ0v) is 10.5. The normalized spacial score (nSPS) is 14.9. The first-order chi connectivity index (χ1) is 7.00. The van der Waals surface area contributed by atoms with E-state index in [2.05, 4.69) is 21.2 Å². The second-order valence-corrected chi connectivity index (χ2v) is 4.60. The van der Waals surface area contributed by atoms with Crippen molar-refractivity contribution >= 4 is 15.9 Å². The smallest absolute Gasteiger partial charge is 0.121 e. The fourth-order valence-corrected chi connectivity index (χ4v) is 1.69. The molecule has 2 atom stereocenters. The van der Waals surface area contributed by atoms with Gasteiger partial charge in [0.2, 0.25) is 0 Å². The van der Waals surface area contributed by atoms with Crippen LogP contribution in [-0.2, 0) is 0 Å². The predicted octanol–water partition coefficient (Wildman–Crippen LogP) is 2.19. The zero-order chi connectivity index (χ0) is 11.4. The van der Waals surface area contributed by atoms with E-state index in [4.69, 9.17) is 5.11 Å². The Morgan fingerprint density at radius 2 is 2.07 bits per heavy atom. The quantitative estimate of drug-likeness (QED) is 0.788. The number of aromatic hydroxyl groups is 1. The van der Waals surface area contributed by atoms with E-state index in [9.17, 15) is 5.11 Å². The molecule has 0 aliphatic heterocycles. The lowest BCUT2D eigenvalue weighted by molar-refractivity contribution is 0.187. The van der Waals surface area contributed by atoms with Crippen LogP contribution in [0.15, 0.2) is 22.7 Å². The molecule has 1 unspecified atom stereocenters. The van der Waals surface area contributed by atoms with Gasteiger partial charge in [-0.25, -0.2) is 0 Å². The highest BCUT2D eigenvalue weighted by molar-refractivity contribution is 9.10. The van der Waals surface area contributed by atoms with Crippen LogP contribution in [-0.4, -0.2) is 22.9 Å². The Balaban J connectivity index is 2.69. The number of hydrogen-bond acceptors (Lipinski definition) is 3. The molecule has 0 aromatic heterocycles. The predicted molar refractivity (Wildman–Crippen MR) is 63.9 cm³/mol. The molecule has 1 aromatic carbocycles. The second kappa shape index (κ2) is 5.49. The van der Waals surface area contributed by atoms with Gasteiger partial charge in [0.15, 0.2) is 0 Å². The monoisotopic (exact) mass is 273 g/mol. The van der Waals surface area contributed by atoms with Gasteiger partial charge in [-0.15, -0.1) is 0 Å². The van der Waals surface area contributed by atoms with Crippen molar-refractivity contribution in [3.8, 4) is 5.75 Å². The molecule has 3 N–H and O–H groups in total. The maximum Gasteiger partial charge on any atom is 0.121 e. The van der Waals surface area contributed by atoms with Crippen LogP contribution in [0.1, 0.15) is 25.5 Å². The molecule has 0 fully saturated rings. The van der Waals surface area contributed by atoms with E-state index in [1.807, 2.05) is 19.1 Å². The Kier molecular flexibility index (Phi) is 4.57. The molecule has 0 saturated heterocycles. The summed E-state index contributed by atoms with van der Waals surface area (Å²) in [5.74, 6) is 0.259. The molecule has 1 rings (SSSR count). The highest BCUT2D eigenvalue weighted by Gasteiger charge is 2.10. The van der Waals surface area contributed by atoms with E-state index < -0.39 is 0 Å². The number of rotatable bonds is 4. The van der Waals surface area contributed by atoms with Crippen molar-refractivity contribution in [3.05, 3.63) is 28.2 Å². The number of nitrogens with one attached hydrogen (secondary N) is 1. The fourth-order valence-electron chi connectivity index (χ4n) is 1.34. The van der Waals surface area contributed by atoms with Crippen molar-refractivity contribution < 1.29 is 10.2 Å². The highest BCUT2D eigenvalue weighted by Crippen LogP contribution is 2.27. The number of aliphatic hydroxyl groups excluding tert-OH is 1. The first kappa shape index (κ1) is 12.5. The van der Waals surface area contributed by atoms with Gasteiger partial charge in [-0.1, -0.05) is 22.0 Å². The molecule has 0 bridgehead atoms. The summed E-state index contributed by atoms with van der Waals surface area (Å²) >= 11 is 3.29. The molecule has 0 amide bonds. The fraction of sp³-hybridized carbons (Fsp3) is 0.455. The molecule has 4 heteroatoms. The molecule has 0 saturated carbocycles. The van der Waals surface area contributed by atoms with Crippen molar-refractivity contribution in [3.63, 3.8) is 0 Å².